The number of hydrogen-bond donors (Lipinski definition) is 0. The molecule has 18 heavy (non-hydrogen) atoms. The van der Waals surface area contributed by atoms with Gasteiger partial charge >= 0.3 is 0 Å². The van der Waals surface area contributed by atoms with Crippen LogP contribution in [0.2, 0.25) is 10.3 Å². The van der Waals surface area contributed by atoms with Crippen molar-refractivity contribution in [3.05, 3.63) is 34.6 Å². The molecular formula is C10H10Cl2N4O2. The lowest BCUT2D eigenvalue weighted by Gasteiger charge is -1.97. The summed E-state index contributed by atoms with van der Waals surface area (Å²) in [5.41, 5.74) is 0. The molecule has 0 aliphatic heterocycles. The molecule has 0 fully saturated rings. The van der Waals surface area contributed by atoms with E-state index in [1.165, 1.54) is 14.2 Å². The van der Waals surface area contributed by atoms with Crippen LogP contribution in [0.3, 0.4) is 0 Å². The SMILES string of the molecule is COc1ccc(OC)nn1.Clc1ccc(Cl)nn1. The molecule has 0 amide bonds. The van der Waals surface area contributed by atoms with Crippen LogP contribution in [-0.4, -0.2) is 34.6 Å². The van der Waals surface area contributed by atoms with Crippen molar-refractivity contribution in [2.45, 2.75) is 0 Å². The van der Waals surface area contributed by atoms with Gasteiger partial charge in [0, 0.05) is 12.1 Å². The van der Waals surface area contributed by atoms with Gasteiger partial charge in [-0.05, 0) is 12.1 Å². The van der Waals surface area contributed by atoms with Crippen molar-refractivity contribution in [2.24, 2.45) is 0 Å². The molecule has 96 valence electrons. The molecule has 0 unspecified atom stereocenters. The maximum Gasteiger partial charge on any atom is 0.233 e. The molecule has 0 spiro atoms. The van der Waals surface area contributed by atoms with Gasteiger partial charge in [-0.25, -0.2) is 0 Å². The van der Waals surface area contributed by atoms with E-state index in [1.807, 2.05) is 0 Å². The lowest BCUT2D eigenvalue weighted by atomic mass is 10.5. The molecule has 0 atom stereocenters. The van der Waals surface area contributed by atoms with E-state index < -0.39 is 0 Å². The maximum absolute atomic E-state index is 5.38. The Labute approximate surface area is 114 Å². The van der Waals surface area contributed by atoms with Crippen LogP contribution in [0.25, 0.3) is 0 Å². The summed E-state index contributed by atoms with van der Waals surface area (Å²) in [7, 11) is 3.08. The van der Waals surface area contributed by atoms with Crippen molar-refractivity contribution >= 4 is 23.2 Å². The Bertz CT molecular complexity index is 420. The third-order valence-electron chi connectivity index (χ3n) is 1.63. The largest absolute Gasteiger partial charge is 0.480 e. The summed E-state index contributed by atoms with van der Waals surface area (Å²) in [5.74, 6) is 0.974. The van der Waals surface area contributed by atoms with E-state index in [9.17, 15) is 0 Å². The molecule has 0 aliphatic carbocycles. The quantitative estimate of drug-likeness (QED) is 0.844. The van der Waals surface area contributed by atoms with Gasteiger partial charge in [-0.2, -0.15) is 0 Å². The summed E-state index contributed by atoms with van der Waals surface area (Å²) in [6.45, 7) is 0. The monoisotopic (exact) mass is 288 g/mol. The molecule has 0 bridgehead atoms. The van der Waals surface area contributed by atoms with Gasteiger partial charge in [0.15, 0.2) is 10.3 Å². The Kier molecular flexibility index (Phi) is 6.10. The van der Waals surface area contributed by atoms with Gasteiger partial charge in [0.25, 0.3) is 0 Å². The average Bonchev–Trinajstić information content (AvgIpc) is 2.43. The third-order valence-corrected chi connectivity index (χ3v) is 2.04. The highest BCUT2D eigenvalue weighted by Crippen LogP contribution is 2.07. The highest BCUT2D eigenvalue weighted by atomic mass is 35.5. The van der Waals surface area contributed by atoms with E-state index in [0.717, 1.165) is 0 Å². The predicted molar refractivity (Wildman–Crippen MR) is 67.2 cm³/mol. The highest BCUT2D eigenvalue weighted by Gasteiger charge is 1.93. The Balaban J connectivity index is 0.000000184. The molecular weight excluding hydrogens is 279 g/mol. The molecule has 8 heteroatoms. The van der Waals surface area contributed by atoms with Crippen molar-refractivity contribution in [3.8, 4) is 11.8 Å². The van der Waals surface area contributed by atoms with Gasteiger partial charge in [-0.15, -0.1) is 20.4 Å². The van der Waals surface area contributed by atoms with E-state index in [-0.39, 0.29) is 0 Å². The highest BCUT2D eigenvalue weighted by molar-refractivity contribution is 6.31. The Morgan fingerprint density at radius 3 is 1.33 bits per heavy atom. The van der Waals surface area contributed by atoms with Gasteiger partial charge in [0.2, 0.25) is 11.8 Å². The van der Waals surface area contributed by atoms with E-state index >= 15 is 0 Å². The van der Waals surface area contributed by atoms with Crippen molar-refractivity contribution in [3.63, 3.8) is 0 Å². The minimum absolute atomic E-state index is 0.356. The average molecular weight is 289 g/mol. The van der Waals surface area contributed by atoms with Crippen LogP contribution in [0.5, 0.6) is 11.8 Å². The zero-order valence-corrected chi connectivity index (χ0v) is 11.2. The Morgan fingerprint density at radius 1 is 0.722 bits per heavy atom. The zero-order chi connectivity index (χ0) is 13.4. The minimum Gasteiger partial charge on any atom is -0.480 e. The first-order valence-corrected chi connectivity index (χ1v) is 5.47. The van der Waals surface area contributed by atoms with Crippen molar-refractivity contribution in [1.29, 1.82) is 0 Å². The fourth-order valence-corrected chi connectivity index (χ4v) is 1.03. The van der Waals surface area contributed by atoms with E-state index in [0.29, 0.717) is 22.1 Å². The van der Waals surface area contributed by atoms with Gasteiger partial charge in [-0.1, -0.05) is 23.2 Å². The number of nitrogens with zero attached hydrogens (tertiary/aromatic N) is 4. The number of halogens is 2. The maximum atomic E-state index is 5.38. The molecule has 0 saturated carbocycles. The van der Waals surface area contributed by atoms with Crippen molar-refractivity contribution in [1.82, 2.24) is 20.4 Å². The molecule has 0 N–H and O–H groups in total. The van der Waals surface area contributed by atoms with E-state index in [2.05, 4.69) is 20.4 Å². The zero-order valence-electron chi connectivity index (χ0n) is 9.67. The van der Waals surface area contributed by atoms with Crippen molar-refractivity contribution < 1.29 is 9.47 Å². The topological polar surface area (TPSA) is 70.0 Å². The standard InChI is InChI=1S/C6H8N2O2.C4H2Cl2N2/c1-9-5-3-4-6(10-2)8-7-5;5-3-1-2-4(6)8-7-3/h3-4H,1-2H3;1-2H. The van der Waals surface area contributed by atoms with Crippen LogP contribution < -0.4 is 9.47 Å². The van der Waals surface area contributed by atoms with Crippen LogP contribution >= 0.6 is 23.2 Å². The Hall–Kier alpha value is -1.66. The van der Waals surface area contributed by atoms with Crippen LogP contribution in [-0.2, 0) is 0 Å². The number of hydrogen-bond acceptors (Lipinski definition) is 6. The first-order valence-electron chi connectivity index (χ1n) is 4.72. The van der Waals surface area contributed by atoms with Crippen LogP contribution in [0, 0.1) is 0 Å². The third kappa shape index (κ3) is 5.11. The molecule has 0 saturated heterocycles. The number of methoxy groups -OCH3 is 2. The van der Waals surface area contributed by atoms with Crippen LogP contribution in [0.15, 0.2) is 24.3 Å². The molecule has 0 aliphatic rings. The molecule has 2 aromatic heterocycles. The first-order chi connectivity index (χ1) is 8.65. The van der Waals surface area contributed by atoms with Gasteiger partial charge in [0.1, 0.15) is 0 Å². The number of aromatic nitrogens is 4. The summed E-state index contributed by atoms with van der Waals surface area (Å²) < 4.78 is 9.57. The van der Waals surface area contributed by atoms with Crippen molar-refractivity contribution in [2.75, 3.05) is 14.2 Å². The summed E-state index contributed by atoms with van der Waals surface area (Å²) in [4.78, 5) is 0. The van der Waals surface area contributed by atoms with Gasteiger partial charge in [-0.3, -0.25) is 0 Å². The van der Waals surface area contributed by atoms with E-state index in [1.54, 1.807) is 24.3 Å². The van der Waals surface area contributed by atoms with E-state index in [4.69, 9.17) is 32.7 Å². The molecule has 0 aromatic carbocycles. The molecule has 0 radical (unpaired) electrons. The number of ether oxygens (including phenoxy) is 2. The first kappa shape index (κ1) is 14.4. The summed E-state index contributed by atoms with van der Waals surface area (Å²) in [6.07, 6.45) is 0. The normalized spacial score (nSPS) is 9.11. The Morgan fingerprint density at radius 2 is 1.11 bits per heavy atom. The fourth-order valence-electron chi connectivity index (χ4n) is 0.825. The van der Waals surface area contributed by atoms with Gasteiger partial charge in [0.05, 0.1) is 14.2 Å². The molecule has 2 aromatic rings. The lowest BCUT2D eigenvalue weighted by molar-refractivity contribution is 0.367. The molecule has 2 heterocycles. The second kappa shape index (κ2) is 7.62. The number of rotatable bonds is 2. The summed E-state index contributed by atoms with van der Waals surface area (Å²) in [5, 5.41) is 15.0. The minimum atomic E-state index is 0.356. The fraction of sp³-hybridized carbons (Fsp3) is 0.200. The lowest BCUT2D eigenvalue weighted by Crippen LogP contribution is -1.92. The molecule has 6 nitrogen and oxygen atoms in total. The second-order valence-electron chi connectivity index (χ2n) is 2.80. The van der Waals surface area contributed by atoms with Crippen LogP contribution in [0.1, 0.15) is 0 Å². The summed E-state index contributed by atoms with van der Waals surface area (Å²) in [6, 6.07) is 6.53. The summed E-state index contributed by atoms with van der Waals surface area (Å²) >= 11 is 10.8. The molecule has 2 rings (SSSR count). The predicted octanol–water partition coefficient (Wildman–Crippen LogP) is 2.28. The second-order valence-corrected chi connectivity index (χ2v) is 3.57. The van der Waals surface area contributed by atoms with Crippen LogP contribution in [0.4, 0.5) is 0 Å². The van der Waals surface area contributed by atoms with Gasteiger partial charge < -0.3 is 9.47 Å². The smallest absolute Gasteiger partial charge is 0.233 e.